The van der Waals surface area contributed by atoms with Crippen LogP contribution in [-0.4, -0.2) is 50.9 Å². The summed E-state index contributed by atoms with van der Waals surface area (Å²) < 4.78 is 26.6. The molecule has 2 aromatic heterocycles. The molecule has 0 spiro atoms. The van der Waals surface area contributed by atoms with Gasteiger partial charge in [0.1, 0.15) is 11.9 Å². The SMILES string of the molecule is Cn1ccnc1-c1noc(C(c2cccc(F)c2)N2CCOCC2)n1. The first kappa shape index (κ1) is 15.9. The minimum atomic E-state index is -0.318. The number of halogens is 1. The van der Waals surface area contributed by atoms with Crippen LogP contribution in [0, 0.1) is 5.82 Å². The van der Waals surface area contributed by atoms with Gasteiger partial charge in [0.25, 0.3) is 0 Å². The van der Waals surface area contributed by atoms with Crippen LogP contribution >= 0.6 is 0 Å². The largest absolute Gasteiger partial charge is 0.379 e. The molecule has 1 aromatic carbocycles. The van der Waals surface area contributed by atoms with Gasteiger partial charge in [0, 0.05) is 32.5 Å². The van der Waals surface area contributed by atoms with Crippen molar-refractivity contribution in [2.75, 3.05) is 26.3 Å². The van der Waals surface area contributed by atoms with Gasteiger partial charge in [-0.3, -0.25) is 4.90 Å². The fraction of sp³-hybridized carbons (Fsp3) is 0.353. The number of aryl methyl sites for hydroxylation is 1. The van der Waals surface area contributed by atoms with Crippen molar-refractivity contribution < 1.29 is 13.7 Å². The van der Waals surface area contributed by atoms with Crippen molar-refractivity contribution in [1.29, 1.82) is 0 Å². The molecule has 25 heavy (non-hydrogen) atoms. The van der Waals surface area contributed by atoms with Crippen LogP contribution in [0.3, 0.4) is 0 Å². The molecular weight excluding hydrogens is 325 g/mol. The number of benzene rings is 1. The highest BCUT2D eigenvalue weighted by Gasteiger charge is 2.30. The average Bonchev–Trinajstić information content (AvgIpc) is 3.25. The van der Waals surface area contributed by atoms with E-state index >= 15 is 0 Å². The summed E-state index contributed by atoms with van der Waals surface area (Å²) in [5.41, 5.74) is 0.775. The predicted molar refractivity (Wildman–Crippen MR) is 87.1 cm³/mol. The summed E-state index contributed by atoms with van der Waals surface area (Å²) in [6.07, 6.45) is 3.49. The first-order valence-electron chi connectivity index (χ1n) is 8.11. The monoisotopic (exact) mass is 343 g/mol. The van der Waals surface area contributed by atoms with Crippen LogP contribution in [-0.2, 0) is 11.8 Å². The van der Waals surface area contributed by atoms with Gasteiger partial charge in [-0.1, -0.05) is 17.3 Å². The van der Waals surface area contributed by atoms with Gasteiger partial charge in [-0.2, -0.15) is 4.98 Å². The second kappa shape index (κ2) is 6.73. The van der Waals surface area contributed by atoms with Crippen LogP contribution in [0.1, 0.15) is 17.5 Å². The third-order valence-electron chi connectivity index (χ3n) is 4.27. The molecule has 0 amide bonds. The van der Waals surface area contributed by atoms with Crippen molar-refractivity contribution in [2.24, 2.45) is 7.05 Å². The molecule has 0 bridgehead atoms. The van der Waals surface area contributed by atoms with Crippen LogP contribution < -0.4 is 0 Å². The minimum Gasteiger partial charge on any atom is -0.379 e. The lowest BCUT2D eigenvalue weighted by atomic mass is 10.0. The maximum Gasteiger partial charge on any atom is 0.249 e. The van der Waals surface area contributed by atoms with Gasteiger partial charge >= 0.3 is 0 Å². The highest BCUT2D eigenvalue weighted by Crippen LogP contribution is 2.29. The zero-order valence-corrected chi connectivity index (χ0v) is 13.8. The molecule has 1 unspecified atom stereocenters. The van der Waals surface area contributed by atoms with Crippen molar-refractivity contribution in [2.45, 2.75) is 6.04 Å². The third kappa shape index (κ3) is 3.18. The van der Waals surface area contributed by atoms with Crippen LogP contribution in [0.4, 0.5) is 4.39 Å². The third-order valence-corrected chi connectivity index (χ3v) is 4.27. The highest BCUT2D eigenvalue weighted by molar-refractivity contribution is 5.42. The standard InChI is InChI=1S/C17H18FN5O2/c1-22-6-5-19-16(22)15-20-17(25-21-15)14(23-7-9-24-10-8-23)12-3-2-4-13(18)11-12/h2-6,11,14H,7-10H2,1H3. The van der Waals surface area contributed by atoms with Crippen molar-refractivity contribution >= 4 is 0 Å². The van der Waals surface area contributed by atoms with Gasteiger partial charge < -0.3 is 13.8 Å². The summed E-state index contributed by atoms with van der Waals surface area (Å²) in [6, 6.07) is 6.17. The first-order valence-corrected chi connectivity index (χ1v) is 8.11. The molecule has 3 heterocycles. The number of aromatic nitrogens is 4. The molecule has 0 radical (unpaired) electrons. The van der Waals surface area contributed by atoms with E-state index < -0.39 is 0 Å². The Balaban J connectivity index is 1.73. The molecule has 1 saturated heterocycles. The van der Waals surface area contributed by atoms with E-state index in [0.29, 0.717) is 43.8 Å². The van der Waals surface area contributed by atoms with Crippen molar-refractivity contribution in [1.82, 2.24) is 24.6 Å². The predicted octanol–water partition coefficient (Wildman–Crippen LogP) is 2.03. The lowest BCUT2D eigenvalue weighted by Crippen LogP contribution is -2.39. The van der Waals surface area contributed by atoms with Crippen LogP contribution in [0.2, 0.25) is 0 Å². The van der Waals surface area contributed by atoms with Gasteiger partial charge in [0.2, 0.25) is 11.7 Å². The molecule has 130 valence electrons. The van der Waals surface area contributed by atoms with E-state index in [1.807, 2.05) is 23.9 Å². The zero-order chi connectivity index (χ0) is 17.2. The quantitative estimate of drug-likeness (QED) is 0.722. The highest BCUT2D eigenvalue weighted by atomic mass is 19.1. The summed E-state index contributed by atoms with van der Waals surface area (Å²) in [5, 5.41) is 4.06. The first-order chi connectivity index (χ1) is 12.2. The lowest BCUT2D eigenvalue weighted by molar-refractivity contribution is 0.0180. The fourth-order valence-electron chi connectivity index (χ4n) is 3.04. The molecule has 0 aliphatic carbocycles. The molecule has 7 nitrogen and oxygen atoms in total. The number of nitrogens with zero attached hydrogens (tertiary/aromatic N) is 5. The molecule has 1 aliphatic rings. The van der Waals surface area contributed by atoms with E-state index in [1.54, 1.807) is 12.3 Å². The summed E-state index contributed by atoms with van der Waals surface area (Å²) in [7, 11) is 1.87. The van der Waals surface area contributed by atoms with Crippen LogP contribution in [0.5, 0.6) is 0 Å². The average molecular weight is 343 g/mol. The number of imidazole rings is 1. The Morgan fingerprint density at radius 3 is 2.80 bits per heavy atom. The van der Waals surface area contributed by atoms with E-state index in [4.69, 9.17) is 9.26 Å². The van der Waals surface area contributed by atoms with E-state index in [1.165, 1.54) is 12.1 Å². The van der Waals surface area contributed by atoms with Gasteiger partial charge in [-0.15, -0.1) is 0 Å². The normalized spacial score (nSPS) is 16.9. The Bertz CT molecular complexity index is 856. The van der Waals surface area contributed by atoms with Crippen LogP contribution in [0.25, 0.3) is 11.6 Å². The number of hydrogen-bond donors (Lipinski definition) is 0. The molecule has 1 aliphatic heterocycles. The molecule has 1 fully saturated rings. The molecule has 3 aromatic rings. The molecular formula is C17H18FN5O2. The Morgan fingerprint density at radius 1 is 1.24 bits per heavy atom. The maximum atomic E-state index is 13.8. The molecule has 8 heteroatoms. The summed E-state index contributed by atoms with van der Waals surface area (Å²) in [6.45, 7) is 2.65. The van der Waals surface area contributed by atoms with Gasteiger partial charge in [-0.25, -0.2) is 9.37 Å². The number of ether oxygens (including phenoxy) is 1. The molecule has 0 N–H and O–H groups in total. The summed E-state index contributed by atoms with van der Waals surface area (Å²) in [4.78, 5) is 10.9. The van der Waals surface area contributed by atoms with E-state index in [9.17, 15) is 4.39 Å². The Labute approximate surface area is 144 Å². The van der Waals surface area contributed by atoms with E-state index in [-0.39, 0.29) is 11.9 Å². The fourth-order valence-corrected chi connectivity index (χ4v) is 3.04. The van der Waals surface area contributed by atoms with Crippen molar-refractivity contribution in [3.05, 3.63) is 53.9 Å². The smallest absolute Gasteiger partial charge is 0.249 e. The second-order valence-corrected chi connectivity index (χ2v) is 5.92. The van der Waals surface area contributed by atoms with Crippen molar-refractivity contribution in [3.63, 3.8) is 0 Å². The van der Waals surface area contributed by atoms with Crippen molar-refractivity contribution in [3.8, 4) is 11.6 Å². The molecule has 4 rings (SSSR count). The molecule has 1 atom stereocenters. The Morgan fingerprint density at radius 2 is 2.08 bits per heavy atom. The van der Waals surface area contributed by atoms with Gasteiger partial charge in [0.15, 0.2) is 5.82 Å². The van der Waals surface area contributed by atoms with E-state index in [0.717, 1.165) is 5.56 Å². The van der Waals surface area contributed by atoms with Gasteiger partial charge in [0.05, 0.1) is 13.2 Å². The number of rotatable bonds is 4. The topological polar surface area (TPSA) is 69.2 Å². The lowest BCUT2D eigenvalue weighted by Gasteiger charge is -2.32. The second-order valence-electron chi connectivity index (χ2n) is 5.92. The Hall–Kier alpha value is -2.58. The molecule has 0 saturated carbocycles. The minimum absolute atomic E-state index is 0.292. The van der Waals surface area contributed by atoms with Gasteiger partial charge in [-0.05, 0) is 17.7 Å². The Kier molecular flexibility index (Phi) is 4.29. The number of hydrogen-bond acceptors (Lipinski definition) is 6. The van der Waals surface area contributed by atoms with Crippen LogP contribution in [0.15, 0.2) is 41.2 Å². The summed E-state index contributed by atoms with van der Waals surface area (Å²) in [5.74, 6) is 1.16. The maximum absolute atomic E-state index is 13.8. The number of morpholine rings is 1. The zero-order valence-electron chi connectivity index (χ0n) is 13.8. The van der Waals surface area contributed by atoms with E-state index in [2.05, 4.69) is 20.0 Å². The summed E-state index contributed by atoms with van der Waals surface area (Å²) >= 11 is 0.